The number of nitrogens with zero attached hydrogens (tertiary/aromatic N) is 3. The number of amides is 1. The van der Waals surface area contributed by atoms with Gasteiger partial charge in [-0.25, -0.2) is 9.78 Å². The van der Waals surface area contributed by atoms with Crippen molar-refractivity contribution in [2.24, 2.45) is 0 Å². The van der Waals surface area contributed by atoms with Crippen molar-refractivity contribution in [3.63, 3.8) is 0 Å². The molecule has 0 aliphatic heterocycles. The Morgan fingerprint density at radius 2 is 2.33 bits per heavy atom. The Kier molecular flexibility index (Phi) is 3.37. The highest BCUT2D eigenvalue weighted by atomic mass is 16.5. The molecule has 1 amide bonds. The molecule has 0 unspecified atom stereocenters. The maximum atomic E-state index is 11.6. The van der Waals surface area contributed by atoms with E-state index in [0.29, 0.717) is 13.1 Å². The van der Waals surface area contributed by atoms with Crippen molar-refractivity contribution in [3.8, 4) is 0 Å². The van der Waals surface area contributed by atoms with Gasteiger partial charge in [-0.1, -0.05) is 5.16 Å². The van der Waals surface area contributed by atoms with Crippen LogP contribution < -0.4 is 5.32 Å². The fraction of sp³-hybridized carbons (Fsp3) is 0.200. The average molecular weight is 250 g/mol. The topological polar surface area (TPSA) is 110 Å². The van der Waals surface area contributed by atoms with Crippen LogP contribution in [-0.2, 0) is 6.54 Å². The summed E-state index contributed by atoms with van der Waals surface area (Å²) in [6.07, 6.45) is 5.04. The Balaban J connectivity index is 1.85. The normalized spacial score (nSPS) is 10.2. The van der Waals surface area contributed by atoms with Gasteiger partial charge in [0.05, 0.1) is 6.33 Å². The highest BCUT2D eigenvalue weighted by Crippen LogP contribution is 2.03. The number of carbonyl (C=O) groups is 2. The Bertz CT molecular complexity index is 546. The van der Waals surface area contributed by atoms with Crippen molar-refractivity contribution < 1.29 is 19.2 Å². The summed E-state index contributed by atoms with van der Waals surface area (Å²) in [7, 11) is 0. The molecule has 0 saturated heterocycles. The molecule has 2 aromatic heterocycles. The first-order chi connectivity index (χ1) is 8.66. The summed E-state index contributed by atoms with van der Waals surface area (Å²) in [6, 6.07) is 1.08. The lowest BCUT2D eigenvalue weighted by Crippen LogP contribution is -2.27. The van der Waals surface area contributed by atoms with Crippen molar-refractivity contribution in [1.29, 1.82) is 0 Å². The van der Waals surface area contributed by atoms with Gasteiger partial charge in [-0.2, -0.15) is 0 Å². The molecule has 0 spiro atoms. The van der Waals surface area contributed by atoms with E-state index in [-0.39, 0.29) is 11.5 Å². The largest absolute Gasteiger partial charge is 0.475 e. The van der Waals surface area contributed by atoms with E-state index in [1.54, 1.807) is 23.3 Å². The second kappa shape index (κ2) is 5.13. The van der Waals surface area contributed by atoms with Crippen molar-refractivity contribution in [1.82, 2.24) is 20.0 Å². The van der Waals surface area contributed by atoms with Gasteiger partial charge >= 0.3 is 5.97 Å². The summed E-state index contributed by atoms with van der Waals surface area (Å²) in [5, 5.41) is 14.6. The lowest BCUT2D eigenvalue weighted by molar-refractivity contribution is 0.0651. The van der Waals surface area contributed by atoms with Crippen LogP contribution in [0, 0.1) is 0 Å². The zero-order chi connectivity index (χ0) is 13.0. The molecular formula is C10H10N4O4. The number of hydrogen-bond acceptors (Lipinski definition) is 5. The number of nitrogens with one attached hydrogen (secondary N) is 1. The molecule has 2 aromatic rings. The zero-order valence-corrected chi connectivity index (χ0v) is 9.24. The van der Waals surface area contributed by atoms with E-state index in [9.17, 15) is 9.59 Å². The van der Waals surface area contributed by atoms with Gasteiger partial charge in [-0.3, -0.25) is 4.79 Å². The number of carboxylic acid groups (broad SMARTS) is 1. The number of hydrogen-bond donors (Lipinski definition) is 2. The van der Waals surface area contributed by atoms with Crippen LogP contribution in [0.2, 0.25) is 0 Å². The van der Waals surface area contributed by atoms with Gasteiger partial charge in [-0.05, 0) is 0 Å². The number of aromatic nitrogens is 3. The molecule has 0 fully saturated rings. The average Bonchev–Trinajstić information content (AvgIpc) is 2.99. The summed E-state index contributed by atoms with van der Waals surface area (Å²) < 4.78 is 6.27. The Morgan fingerprint density at radius 1 is 1.50 bits per heavy atom. The SMILES string of the molecule is O=C(NCCn1ccnc1)c1cc(C(=O)O)on1. The summed E-state index contributed by atoms with van der Waals surface area (Å²) in [6.45, 7) is 0.944. The van der Waals surface area contributed by atoms with Crippen LogP contribution in [-0.4, -0.2) is 38.2 Å². The maximum absolute atomic E-state index is 11.6. The second-order valence-corrected chi connectivity index (χ2v) is 3.44. The molecule has 2 heterocycles. The lowest BCUT2D eigenvalue weighted by Gasteiger charge is -2.02. The van der Waals surface area contributed by atoms with Gasteiger partial charge in [0.25, 0.3) is 5.91 Å². The zero-order valence-electron chi connectivity index (χ0n) is 9.24. The number of aromatic carboxylic acids is 1. The highest BCUT2D eigenvalue weighted by Gasteiger charge is 2.15. The first kappa shape index (κ1) is 11.8. The van der Waals surface area contributed by atoms with E-state index in [1.807, 2.05) is 0 Å². The van der Waals surface area contributed by atoms with Gasteiger partial charge in [0, 0.05) is 31.5 Å². The van der Waals surface area contributed by atoms with Gasteiger partial charge in [-0.15, -0.1) is 0 Å². The number of carboxylic acids is 1. The van der Waals surface area contributed by atoms with E-state index >= 15 is 0 Å². The van der Waals surface area contributed by atoms with Crippen LogP contribution in [0.5, 0.6) is 0 Å². The molecule has 0 aliphatic carbocycles. The first-order valence-corrected chi connectivity index (χ1v) is 5.11. The third-order valence-electron chi connectivity index (χ3n) is 2.17. The van der Waals surface area contributed by atoms with Crippen molar-refractivity contribution >= 4 is 11.9 Å². The summed E-state index contributed by atoms with van der Waals surface area (Å²) in [4.78, 5) is 25.9. The fourth-order valence-corrected chi connectivity index (χ4v) is 1.29. The van der Waals surface area contributed by atoms with Crippen molar-refractivity contribution in [3.05, 3.63) is 36.2 Å². The van der Waals surface area contributed by atoms with Crippen LogP contribution in [0.1, 0.15) is 21.0 Å². The molecule has 0 atom stereocenters. The van der Waals surface area contributed by atoms with E-state index in [0.717, 1.165) is 6.07 Å². The number of imidazole rings is 1. The third kappa shape index (κ3) is 2.73. The van der Waals surface area contributed by atoms with Gasteiger partial charge < -0.3 is 19.5 Å². The molecule has 8 nitrogen and oxygen atoms in total. The molecule has 18 heavy (non-hydrogen) atoms. The van der Waals surface area contributed by atoms with Crippen LogP contribution in [0.25, 0.3) is 0 Å². The number of rotatable bonds is 5. The predicted molar refractivity (Wildman–Crippen MR) is 58.0 cm³/mol. The smallest absolute Gasteiger partial charge is 0.374 e. The minimum absolute atomic E-state index is 0.0574. The van der Waals surface area contributed by atoms with E-state index in [4.69, 9.17) is 5.11 Å². The molecule has 0 aliphatic rings. The molecule has 94 valence electrons. The minimum Gasteiger partial charge on any atom is -0.475 e. The lowest BCUT2D eigenvalue weighted by atomic mass is 10.3. The monoisotopic (exact) mass is 250 g/mol. The molecular weight excluding hydrogens is 240 g/mol. The maximum Gasteiger partial charge on any atom is 0.374 e. The number of carbonyl (C=O) groups excluding carboxylic acids is 1. The molecule has 0 bridgehead atoms. The van der Waals surface area contributed by atoms with Gasteiger partial charge in [0.2, 0.25) is 5.76 Å². The summed E-state index contributed by atoms with van der Waals surface area (Å²) >= 11 is 0. The fourth-order valence-electron chi connectivity index (χ4n) is 1.29. The molecule has 0 saturated carbocycles. The standard InChI is InChI=1S/C10H10N4O4/c15-9(7-5-8(10(16)17)18-13-7)12-2-4-14-3-1-11-6-14/h1,3,5-6H,2,4H2,(H,12,15)(H,16,17). The van der Waals surface area contributed by atoms with E-state index in [2.05, 4.69) is 20.0 Å². The second-order valence-electron chi connectivity index (χ2n) is 3.44. The molecule has 0 radical (unpaired) electrons. The van der Waals surface area contributed by atoms with Crippen LogP contribution in [0.3, 0.4) is 0 Å². The Hall–Kier alpha value is -2.64. The quantitative estimate of drug-likeness (QED) is 0.772. The third-order valence-corrected chi connectivity index (χ3v) is 2.17. The summed E-state index contributed by atoms with van der Waals surface area (Å²) in [5.41, 5.74) is -0.0574. The van der Waals surface area contributed by atoms with Gasteiger partial charge in [0.1, 0.15) is 0 Å². The van der Waals surface area contributed by atoms with Crippen LogP contribution in [0.15, 0.2) is 29.3 Å². The predicted octanol–water partition coefficient (Wildman–Crippen LogP) is -0.000700. The highest BCUT2D eigenvalue weighted by molar-refractivity contribution is 5.94. The van der Waals surface area contributed by atoms with E-state index in [1.165, 1.54) is 0 Å². The molecule has 2 rings (SSSR count). The summed E-state index contributed by atoms with van der Waals surface area (Å²) in [5.74, 6) is -2.11. The van der Waals surface area contributed by atoms with Crippen LogP contribution in [0.4, 0.5) is 0 Å². The van der Waals surface area contributed by atoms with Crippen LogP contribution >= 0.6 is 0 Å². The van der Waals surface area contributed by atoms with Crippen molar-refractivity contribution in [2.45, 2.75) is 6.54 Å². The minimum atomic E-state index is -1.26. The van der Waals surface area contributed by atoms with E-state index < -0.39 is 11.9 Å². The molecule has 8 heteroatoms. The molecule has 0 aromatic carbocycles. The Morgan fingerprint density at radius 3 is 2.94 bits per heavy atom. The molecule has 2 N–H and O–H groups in total. The first-order valence-electron chi connectivity index (χ1n) is 5.11. The van der Waals surface area contributed by atoms with Gasteiger partial charge in [0.15, 0.2) is 5.69 Å². The van der Waals surface area contributed by atoms with Crippen molar-refractivity contribution in [2.75, 3.05) is 6.54 Å². The Labute approximate surface area is 101 Å².